The Bertz CT molecular complexity index is 811. The lowest BCUT2D eigenvalue weighted by Crippen LogP contribution is -2.73. The predicted octanol–water partition coefficient (Wildman–Crippen LogP) is 0.469. The molecule has 0 aromatic rings. The van der Waals surface area contributed by atoms with Crippen molar-refractivity contribution in [3.05, 3.63) is 34.8 Å². The van der Waals surface area contributed by atoms with Crippen LogP contribution < -0.4 is 5.43 Å². The van der Waals surface area contributed by atoms with E-state index in [0.717, 1.165) is 5.70 Å². The van der Waals surface area contributed by atoms with Crippen LogP contribution in [-0.4, -0.2) is 61.8 Å². The molecular formula is C15H14BrN3O6S. The smallest absolute Gasteiger partial charge is 0.353 e. The van der Waals surface area contributed by atoms with Crippen molar-refractivity contribution < 1.29 is 29.0 Å². The fourth-order valence-electron chi connectivity index (χ4n) is 3.23. The Morgan fingerprint density at radius 3 is 3.00 bits per heavy atom. The molecule has 9 nitrogen and oxygen atoms in total. The molecule has 4 rings (SSSR count). The number of ether oxygens (including phenoxy) is 2. The maximum atomic E-state index is 12.8. The Hall–Kier alpha value is -2.14. The van der Waals surface area contributed by atoms with Crippen LogP contribution in [0.25, 0.3) is 0 Å². The van der Waals surface area contributed by atoms with Gasteiger partial charge in [-0.25, -0.2) is 4.79 Å². The normalized spacial score (nSPS) is 30.0. The number of alkyl halides is 1. The van der Waals surface area contributed by atoms with Crippen molar-refractivity contribution in [1.82, 2.24) is 15.3 Å². The van der Waals surface area contributed by atoms with E-state index in [9.17, 15) is 19.5 Å². The maximum absolute atomic E-state index is 12.8. The number of hydrazine groups is 1. The number of halogens is 1. The zero-order valence-corrected chi connectivity index (χ0v) is 15.9. The molecule has 4 heterocycles. The van der Waals surface area contributed by atoms with Crippen LogP contribution >= 0.6 is 27.7 Å². The van der Waals surface area contributed by atoms with E-state index in [-0.39, 0.29) is 5.70 Å². The van der Waals surface area contributed by atoms with Crippen LogP contribution in [0.4, 0.5) is 0 Å². The number of allylic oxidation sites excluding steroid dienone is 1. The number of esters is 1. The molecule has 2 unspecified atom stereocenters. The van der Waals surface area contributed by atoms with Crippen molar-refractivity contribution in [3.63, 3.8) is 0 Å². The molecule has 0 saturated carbocycles. The van der Waals surface area contributed by atoms with Gasteiger partial charge in [-0.15, -0.1) is 11.8 Å². The summed E-state index contributed by atoms with van der Waals surface area (Å²) in [4.78, 5) is 37.0. The molecule has 1 fully saturated rings. The number of carboxylic acids is 1. The van der Waals surface area contributed by atoms with Crippen LogP contribution in [0.2, 0.25) is 0 Å². The van der Waals surface area contributed by atoms with E-state index in [4.69, 9.17) is 9.47 Å². The highest BCUT2D eigenvalue weighted by Gasteiger charge is 2.69. The van der Waals surface area contributed by atoms with Gasteiger partial charge >= 0.3 is 11.9 Å². The first-order chi connectivity index (χ1) is 12.3. The molecule has 0 spiro atoms. The molecule has 26 heavy (non-hydrogen) atoms. The van der Waals surface area contributed by atoms with Gasteiger partial charge in [0.1, 0.15) is 23.9 Å². The predicted molar refractivity (Wildman–Crippen MR) is 93.1 cm³/mol. The van der Waals surface area contributed by atoms with Gasteiger partial charge in [0.25, 0.3) is 5.91 Å². The molecule has 1 amide bonds. The second kappa shape index (κ2) is 5.95. The first-order valence-electron chi connectivity index (χ1n) is 7.70. The van der Waals surface area contributed by atoms with Gasteiger partial charge in [0, 0.05) is 12.3 Å². The summed E-state index contributed by atoms with van der Waals surface area (Å²) in [6.07, 6.45) is 2.38. The fraction of sp³-hybridized carbons (Fsp3) is 0.400. The summed E-state index contributed by atoms with van der Waals surface area (Å²) in [5, 5.41) is 12.0. The van der Waals surface area contributed by atoms with Gasteiger partial charge in [0.2, 0.25) is 0 Å². The number of amides is 1. The minimum Gasteiger partial charge on any atom is -0.497 e. The number of nitrogens with one attached hydrogen (secondary N) is 1. The molecule has 4 aliphatic rings. The number of fused-ring (bicyclic) bond motifs is 2. The number of rotatable bonds is 4. The van der Waals surface area contributed by atoms with Gasteiger partial charge in [-0.3, -0.25) is 24.9 Å². The Balaban J connectivity index is 1.65. The fourth-order valence-corrected chi connectivity index (χ4v) is 5.52. The topological polar surface area (TPSA) is 108 Å². The van der Waals surface area contributed by atoms with Crippen LogP contribution in [-0.2, 0) is 23.9 Å². The lowest BCUT2D eigenvalue weighted by molar-refractivity contribution is -0.160. The minimum atomic E-state index is -1.27. The largest absolute Gasteiger partial charge is 0.497 e. The highest BCUT2D eigenvalue weighted by molar-refractivity contribution is 9.10. The number of β-lactam (4-membered cyclic amide) rings is 1. The summed E-state index contributed by atoms with van der Waals surface area (Å²) in [5.41, 5.74) is 4.33. The number of carbonyl (C=O) groups is 3. The first-order valence-corrected chi connectivity index (χ1v) is 9.44. The average Bonchev–Trinajstić information content (AvgIpc) is 3.21. The molecular weight excluding hydrogens is 430 g/mol. The number of carbonyl (C=O) groups excluding carboxylic acids is 2. The molecule has 0 bridgehead atoms. The van der Waals surface area contributed by atoms with Gasteiger partial charge in [-0.05, 0) is 6.08 Å². The van der Waals surface area contributed by atoms with Gasteiger partial charge in [-0.1, -0.05) is 15.9 Å². The average molecular weight is 444 g/mol. The summed E-state index contributed by atoms with van der Waals surface area (Å²) in [6.45, 7) is 2.36. The third-order valence-electron chi connectivity index (χ3n) is 4.39. The highest BCUT2D eigenvalue weighted by Crippen LogP contribution is 2.55. The van der Waals surface area contributed by atoms with Gasteiger partial charge in [-0.2, -0.15) is 0 Å². The molecule has 0 aliphatic carbocycles. The van der Waals surface area contributed by atoms with Crippen molar-refractivity contribution >= 4 is 45.5 Å². The standard InChI is InChI=1S/C15H14BrN3O6S/c1-7(20)25-11(9-4-8-5-24-3-2-18(8)17-9)15(16)13(23)19-10(12(21)22)6-26-14(15)19/h4-6,11,14,17H,2-3H2,1H3,(H,21,22)/t11?,14-,15?/m1/s1. The van der Waals surface area contributed by atoms with E-state index < -0.39 is 33.6 Å². The van der Waals surface area contributed by atoms with E-state index in [2.05, 4.69) is 21.4 Å². The summed E-state index contributed by atoms with van der Waals surface area (Å²) < 4.78 is 9.50. The molecule has 3 atom stereocenters. The monoisotopic (exact) mass is 443 g/mol. The molecule has 2 N–H and O–H groups in total. The zero-order chi connectivity index (χ0) is 18.6. The second-order valence-corrected chi connectivity index (χ2v) is 8.27. The van der Waals surface area contributed by atoms with Crippen molar-refractivity contribution in [3.8, 4) is 0 Å². The van der Waals surface area contributed by atoms with Gasteiger partial charge in [0.05, 0.1) is 17.9 Å². The van der Waals surface area contributed by atoms with Gasteiger partial charge < -0.3 is 14.6 Å². The lowest BCUT2D eigenvalue weighted by Gasteiger charge is -2.51. The summed E-state index contributed by atoms with van der Waals surface area (Å²) in [6, 6.07) is 0. The van der Waals surface area contributed by atoms with E-state index in [1.807, 2.05) is 5.01 Å². The van der Waals surface area contributed by atoms with E-state index in [1.54, 1.807) is 12.3 Å². The summed E-state index contributed by atoms with van der Waals surface area (Å²) in [7, 11) is 0. The van der Waals surface area contributed by atoms with Gasteiger partial charge in [0.15, 0.2) is 10.4 Å². The number of nitrogens with zero attached hydrogens (tertiary/aromatic N) is 2. The highest BCUT2D eigenvalue weighted by atomic mass is 79.9. The second-order valence-electron chi connectivity index (χ2n) is 6.01. The molecule has 11 heteroatoms. The SMILES string of the molecule is CC(=O)OC(C1=CC2=COCCN2N1)C1(Br)C(=O)N2C(C(=O)O)=CS[C@@H]21. The molecule has 0 radical (unpaired) electrons. The number of thioether (sulfide) groups is 1. The van der Waals surface area contributed by atoms with Crippen molar-refractivity contribution in [2.45, 2.75) is 22.7 Å². The zero-order valence-electron chi connectivity index (χ0n) is 13.5. The van der Waals surface area contributed by atoms with Crippen molar-refractivity contribution in [2.24, 2.45) is 0 Å². The number of hydrogen-bond donors (Lipinski definition) is 2. The van der Waals surface area contributed by atoms with Crippen molar-refractivity contribution in [2.75, 3.05) is 13.2 Å². The molecule has 138 valence electrons. The molecule has 1 saturated heterocycles. The third-order valence-corrected chi connectivity index (χ3v) is 7.08. The molecule has 0 aromatic carbocycles. The lowest BCUT2D eigenvalue weighted by atomic mass is 9.88. The van der Waals surface area contributed by atoms with Crippen LogP contribution in [0.15, 0.2) is 34.8 Å². The number of hydrogen-bond acceptors (Lipinski definition) is 8. The minimum absolute atomic E-state index is 0.0801. The third kappa shape index (κ3) is 2.33. The van der Waals surface area contributed by atoms with E-state index in [0.29, 0.717) is 18.8 Å². The van der Waals surface area contributed by atoms with Crippen molar-refractivity contribution in [1.29, 1.82) is 0 Å². The quantitative estimate of drug-likeness (QED) is 0.364. The van der Waals surface area contributed by atoms with Crippen LogP contribution in [0.3, 0.4) is 0 Å². The number of aliphatic carboxylic acids is 1. The Morgan fingerprint density at radius 1 is 1.58 bits per heavy atom. The van der Waals surface area contributed by atoms with E-state index in [1.165, 1.54) is 29.0 Å². The van der Waals surface area contributed by atoms with Crippen LogP contribution in [0.5, 0.6) is 0 Å². The Kier molecular flexibility index (Phi) is 3.95. The van der Waals surface area contributed by atoms with Crippen LogP contribution in [0.1, 0.15) is 6.92 Å². The number of carboxylic acid groups (broad SMARTS) is 1. The Labute approximate surface area is 160 Å². The molecule has 0 aromatic heterocycles. The first kappa shape index (κ1) is 17.3. The summed E-state index contributed by atoms with van der Waals surface area (Å²) in [5.74, 6) is -2.19. The Morgan fingerprint density at radius 2 is 2.35 bits per heavy atom. The van der Waals surface area contributed by atoms with E-state index >= 15 is 0 Å². The maximum Gasteiger partial charge on any atom is 0.353 e. The summed E-state index contributed by atoms with van der Waals surface area (Å²) >= 11 is 4.65. The van der Waals surface area contributed by atoms with Crippen LogP contribution in [0, 0.1) is 0 Å². The molecule has 4 aliphatic heterocycles.